The van der Waals surface area contributed by atoms with Crippen LogP contribution in [0.25, 0.3) is 11.0 Å². The molecule has 5 rings (SSSR count). The van der Waals surface area contributed by atoms with Gasteiger partial charge in [-0.2, -0.15) is 13.2 Å². The summed E-state index contributed by atoms with van der Waals surface area (Å²) in [4.78, 5) is 4.96. The van der Waals surface area contributed by atoms with Crippen LogP contribution < -0.4 is 4.74 Å². The van der Waals surface area contributed by atoms with Crippen LogP contribution in [-0.2, 0) is 23.3 Å². The van der Waals surface area contributed by atoms with Crippen molar-refractivity contribution in [3.63, 3.8) is 0 Å². The van der Waals surface area contributed by atoms with Gasteiger partial charge in [-0.05, 0) is 84.2 Å². The number of ether oxygens (including phenoxy) is 2. The van der Waals surface area contributed by atoms with Gasteiger partial charge in [0, 0.05) is 40.1 Å². The molecule has 5 nitrogen and oxygen atoms in total. The average Bonchev–Trinajstić information content (AvgIpc) is 3.65. The number of thiocarbonyl (C=S) groups is 1. The number of hydrogen-bond donors (Lipinski definition) is 1. The Balaban J connectivity index is 1.40. The fourth-order valence-corrected chi connectivity index (χ4v) is 6.94. The molecule has 0 amide bonds. The summed E-state index contributed by atoms with van der Waals surface area (Å²) in [7, 11) is -1.38. The number of rotatable bonds is 14. The van der Waals surface area contributed by atoms with E-state index in [0.29, 0.717) is 23.5 Å². The molecular formula is C32H39F5N2O3SSi. The van der Waals surface area contributed by atoms with Gasteiger partial charge < -0.3 is 19.1 Å². The van der Waals surface area contributed by atoms with E-state index in [4.69, 9.17) is 21.7 Å². The minimum absolute atomic E-state index is 0.0118. The van der Waals surface area contributed by atoms with Gasteiger partial charge >= 0.3 is 6.18 Å². The predicted molar refractivity (Wildman–Crippen MR) is 166 cm³/mol. The maximum Gasteiger partial charge on any atom is 0.398 e. The predicted octanol–water partition coefficient (Wildman–Crippen LogP) is 8.87. The number of aliphatic hydroxyl groups is 1. The summed E-state index contributed by atoms with van der Waals surface area (Å²) < 4.78 is 86.7. The summed E-state index contributed by atoms with van der Waals surface area (Å²) in [6, 6.07) is 4.50. The molecule has 0 aliphatic heterocycles. The molecule has 0 radical (unpaired) electrons. The van der Waals surface area contributed by atoms with Gasteiger partial charge in [0.25, 0.3) is 0 Å². The first kappa shape index (κ1) is 33.0. The second-order valence-electron chi connectivity index (χ2n) is 13.7. The molecule has 240 valence electrons. The molecule has 1 N–H and O–H groups in total. The lowest BCUT2D eigenvalue weighted by Crippen LogP contribution is -2.33. The minimum atomic E-state index is -4.52. The van der Waals surface area contributed by atoms with Crippen LogP contribution in [0.1, 0.15) is 56.1 Å². The van der Waals surface area contributed by atoms with E-state index in [1.165, 1.54) is 23.0 Å². The third-order valence-corrected chi connectivity index (χ3v) is 11.2. The van der Waals surface area contributed by atoms with Gasteiger partial charge in [0.1, 0.15) is 18.1 Å². The topological polar surface area (TPSA) is 56.5 Å². The Morgan fingerprint density at radius 1 is 1.11 bits per heavy atom. The standard InChI is InChI=1S/C32H39F5N2O3SSi/c1-44(2,3)14-13-41-20-39-18-23(31(10-11-31)32(35,36)37)27-26(6-12-38-29(27)39)42-28-24(33)16-21(17-25(28)34)15-22(43)5-9-30(19-40)7-4-8-30/h6,12,16-18,40H,4-5,7-11,13-15,19-20H2,1-3H3. The third kappa shape index (κ3) is 6.88. The zero-order chi connectivity index (χ0) is 31.9. The number of alkyl halides is 3. The van der Waals surface area contributed by atoms with Crippen molar-refractivity contribution in [3.8, 4) is 11.5 Å². The minimum Gasteiger partial charge on any atom is -0.450 e. The first-order valence-corrected chi connectivity index (χ1v) is 19.2. The molecule has 0 bridgehead atoms. The quantitative estimate of drug-likeness (QED) is 0.0815. The fourth-order valence-electron chi connectivity index (χ4n) is 5.91. The van der Waals surface area contributed by atoms with Crippen LogP contribution in [0.15, 0.2) is 30.6 Å². The van der Waals surface area contributed by atoms with Crippen LogP contribution in [0, 0.1) is 17.0 Å². The Hall–Kier alpha value is -2.41. The average molecular weight is 655 g/mol. The van der Waals surface area contributed by atoms with Crippen molar-refractivity contribution in [2.24, 2.45) is 5.41 Å². The highest BCUT2D eigenvalue weighted by Crippen LogP contribution is 2.61. The lowest BCUT2D eigenvalue weighted by atomic mass is 9.66. The first-order valence-electron chi connectivity index (χ1n) is 15.1. The summed E-state index contributed by atoms with van der Waals surface area (Å²) in [6.45, 7) is 7.16. The number of benzene rings is 1. The smallest absolute Gasteiger partial charge is 0.398 e. The summed E-state index contributed by atoms with van der Waals surface area (Å²) in [6.07, 6.45) is 2.46. The largest absolute Gasteiger partial charge is 0.450 e. The molecule has 12 heteroatoms. The second-order valence-corrected chi connectivity index (χ2v) is 19.9. The maximum atomic E-state index is 15.3. The molecule has 0 atom stereocenters. The summed E-state index contributed by atoms with van der Waals surface area (Å²) >= 11 is 5.48. The number of aromatic nitrogens is 2. The van der Waals surface area contributed by atoms with Gasteiger partial charge in [-0.15, -0.1) is 0 Å². The third-order valence-electron chi connectivity index (χ3n) is 9.11. The van der Waals surface area contributed by atoms with Crippen molar-refractivity contribution >= 4 is 36.2 Å². The molecule has 0 unspecified atom stereocenters. The van der Waals surface area contributed by atoms with E-state index < -0.39 is 37.0 Å². The van der Waals surface area contributed by atoms with Crippen LogP contribution in [-0.4, -0.2) is 47.0 Å². The normalized spacial score (nSPS) is 17.5. The van der Waals surface area contributed by atoms with Crippen molar-refractivity contribution in [1.82, 2.24) is 9.55 Å². The van der Waals surface area contributed by atoms with Crippen molar-refractivity contribution in [1.29, 1.82) is 0 Å². The van der Waals surface area contributed by atoms with Gasteiger partial charge in [0.2, 0.25) is 0 Å². The van der Waals surface area contributed by atoms with Crippen LogP contribution in [0.2, 0.25) is 25.7 Å². The highest BCUT2D eigenvalue weighted by molar-refractivity contribution is 7.80. The van der Waals surface area contributed by atoms with E-state index in [1.54, 1.807) is 0 Å². The molecule has 0 saturated heterocycles. The van der Waals surface area contributed by atoms with Crippen LogP contribution in [0.3, 0.4) is 0 Å². The van der Waals surface area contributed by atoms with Crippen LogP contribution >= 0.6 is 12.2 Å². The Morgan fingerprint density at radius 3 is 2.34 bits per heavy atom. The number of halogens is 5. The maximum absolute atomic E-state index is 15.3. The molecule has 2 aliphatic rings. The molecular weight excluding hydrogens is 616 g/mol. The van der Waals surface area contributed by atoms with Crippen LogP contribution in [0.5, 0.6) is 11.5 Å². The summed E-state index contributed by atoms with van der Waals surface area (Å²) in [5.41, 5.74) is -1.69. The Kier molecular flexibility index (Phi) is 9.30. The molecule has 0 spiro atoms. The van der Waals surface area contributed by atoms with Gasteiger partial charge in [-0.25, -0.2) is 13.8 Å². The Bertz CT molecular complexity index is 1500. The van der Waals surface area contributed by atoms with E-state index in [9.17, 15) is 18.3 Å². The first-order chi connectivity index (χ1) is 20.7. The number of aliphatic hydroxyl groups excluding tert-OH is 1. The van der Waals surface area contributed by atoms with E-state index in [-0.39, 0.29) is 60.4 Å². The Morgan fingerprint density at radius 2 is 1.80 bits per heavy atom. The molecule has 2 aromatic heterocycles. The van der Waals surface area contributed by atoms with Crippen molar-refractivity contribution < 1.29 is 36.5 Å². The van der Waals surface area contributed by atoms with Gasteiger partial charge in [-0.1, -0.05) is 38.3 Å². The van der Waals surface area contributed by atoms with Gasteiger partial charge in [0.05, 0.1) is 10.8 Å². The monoisotopic (exact) mass is 654 g/mol. The van der Waals surface area contributed by atoms with E-state index >= 15 is 8.78 Å². The van der Waals surface area contributed by atoms with E-state index in [0.717, 1.165) is 43.9 Å². The molecule has 2 saturated carbocycles. The molecule has 44 heavy (non-hydrogen) atoms. The molecule has 1 aromatic carbocycles. The lowest BCUT2D eigenvalue weighted by Gasteiger charge is -2.40. The van der Waals surface area contributed by atoms with Crippen molar-refractivity contribution in [3.05, 3.63) is 53.4 Å². The van der Waals surface area contributed by atoms with Gasteiger partial charge in [-0.3, -0.25) is 0 Å². The summed E-state index contributed by atoms with van der Waals surface area (Å²) in [5.74, 6) is -2.78. The molecule has 2 aliphatic carbocycles. The van der Waals surface area contributed by atoms with E-state index in [2.05, 4.69) is 24.6 Å². The Labute approximate surface area is 260 Å². The summed E-state index contributed by atoms with van der Waals surface area (Å²) in [5, 5.41) is 9.75. The zero-order valence-corrected chi connectivity index (χ0v) is 27.1. The van der Waals surface area contributed by atoms with Crippen molar-refractivity contribution in [2.45, 2.75) is 95.4 Å². The van der Waals surface area contributed by atoms with E-state index in [1.807, 2.05) is 0 Å². The van der Waals surface area contributed by atoms with Crippen LogP contribution in [0.4, 0.5) is 22.0 Å². The number of fused-ring (bicyclic) bond motifs is 1. The highest BCUT2D eigenvalue weighted by atomic mass is 32.1. The van der Waals surface area contributed by atoms with Crippen molar-refractivity contribution in [2.75, 3.05) is 13.2 Å². The molecule has 3 aromatic rings. The number of hydrogen-bond acceptors (Lipinski definition) is 5. The SMILES string of the molecule is C[Si](C)(C)CCOCn1cc(C2(C(F)(F)F)CC2)c2c(Oc3c(F)cc(CC(=S)CCC4(CO)CCC4)cc3F)ccnc21. The number of nitrogens with zero attached hydrogens (tertiary/aromatic N) is 2. The fraction of sp³-hybridized carbons (Fsp3) is 0.562. The highest BCUT2D eigenvalue weighted by Gasteiger charge is 2.65. The second kappa shape index (κ2) is 12.4. The number of pyridine rings is 1. The van der Waals surface area contributed by atoms with Gasteiger partial charge in [0.15, 0.2) is 17.4 Å². The molecule has 2 fully saturated rings. The lowest BCUT2D eigenvalue weighted by molar-refractivity contribution is -0.160. The molecule has 2 heterocycles. The zero-order valence-electron chi connectivity index (χ0n) is 25.3.